The van der Waals surface area contributed by atoms with Crippen molar-refractivity contribution in [1.29, 1.82) is 0 Å². The molecule has 3 aromatic rings. The van der Waals surface area contributed by atoms with Crippen molar-refractivity contribution in [2.75, 3.05) is 33.2 Å². The largest absolute Gasteiger partial charge is 0.416 e. The molecule has 2 aromatic carbocycles. The Labute approximate surface area is 171 Å². The van der Waals surface area contributed by atoms with Crippen molar-refractivity contribution in [1.82, 2.24) is 19.6 Å². The Morgan fingerprint density at radius 3 is 2.53 bits per heavy atom. The molecule has 0 unspecified atom stereocenters. The topological polar surface area (TPSA) is 67.4 Å². The van der Waals surface area contributed by atoms with Crippen LogP contribution in [0.2, 0.25) is 0 Å². The summed E-state index contributed by atoms with van der Waals surface area (Å²) in [7, 11) is 2.00. The van der Waals surface area contributed by atoms with Gasteiger partial charge < -0.3 is 10.6 Å². The number of nitrogens with two attached hydrogens (primary N) is 1. The fourth-order valence-corrected chi connectivity index (χ4v) is 3.73. The predicted octanol–water partition coefficient (Wildman–Crippen LogP) is 2.89. The lowest BCUT2D eigenvalue weighted by molar-refractivity contribution is -0.138. The second-order valence-electron chi connectivity index (χ2n) is 7.60. The van der Waals surface area contributed by atoms with Gasteiger partial charge in [0, 0.05) is 44.3 Å². The van der Waals surface area contributed by atoms with Gasteiger partial charge in [0.1, 0.15) is 5.52 Å². The van der Waals surface area contributed by atoms with Crippen molar-refractivity contribution in [2.45, 2.75) is 12.7 Å². The van der Waals surface area contributed by atoms with Gasteiger partial charge in [-0.2, -0.15) is 18.3 Å². The molecule has 9 heteroatoms. The monoisotopic (exact) mass is 417 g/mol. The maximum Gasteiger partial charge on any atom is 0.416 e. The van der Waals surface area contributed by atoms with Crippen LogP contribution in [0.5, 0.6) is 0 Å². The van der Waals surface area contributed by atoms with E-state index in [4.69, 9.17) is 5.73 Å². The van der Waals surface area contributed by atoms with E-state index < -0.39 is 17.6 Å². The number of rotatable bonds is 4. The van der Waals surface area contributed by atoms with Crippen LogP contribution in [0.15, 0.2) is 42.6 Å². The van der Waals surface area contributed by atoms with Crippen molar-refractivity contribution < 1.29 is 18.0 Å². The van der Waals surface area contributed by atoms with E-state index in [9.17, 15) is 18.0 Å². The van der Waals surface area contributed by atoms with Gasteiger partial charge in [-0.15, -0.1) is 0 Å². The first kappa shape index (κ1) is 20.4. The van der Waals surface area contributed by atoms with E-state index in [1.165, 1.54) is 10.7 Å². The standard InChI is InChI=1S/C21H22F3N5O/c1-27-7-9-28(10-8-27)12-14-5-6-16(11-18(14)21(22,23)24)29-13-15-3-2-4-17(20(25)30)19(15)26-29/h2-6,11,13H,7-10,12H2,1H3,(H2,25,30). The summed E-state index contributed by atoms with van der Waals surface area (Å²) in [6.07, 6.45) is -2.89. The predicted molar refractivity (Wildman–Crippen MR) is 107 cm³/mol. The van der Waals surface area contributed by atoms with Crippen LogP contribution in [0, 0.1) is 0 Å². The van der Waals surface area contributed by atoms with Crippen molar-refractivity contribution in [3.63, 3.8) is 0 Å². The van der Waals surface area contributed by atoms with Crippen LogP contribution < -0.4 is 5.73 Å². The highest BCUT2D eigenvalue weighted by atomic mass is 19.4. The van der Waals surface area contributed by atoms with E-state index >= 15 is 0 Å². The molecule has 1 aliphatic rings. The summed E-state index contributed by atoms with van der Waals surface area (Å²) < 4.78 is 42.8. The minimum atomic E-state index is -4.48. The van der Waals surface area contributed by atoms with Gasteiger partial charge in [0.05, 0.1) is 16.8 Å². The van der Waals surface area contributed by atoms with E-state index in [1.807, 2.05) is 11.9 Å². The zero-order chi connectivity index (χ0) is 21.5. The van der Waals surface area contributed by atoms with E-state index in [2.05, 4.69) is 10.00 Å². The lowest BCUT2D eigenvalue weighted by atomic mass is 10.0. The number of carbonyl (C=O) groups excluding carboxylic acids is 1. The average Bonchev–Trinajstić information content (AvgIpc) is 3.13. The lowest BCUT2D eigenvalue weighted by Gasteiger charge is -2.33. The maximum atomic E-state index is 13.8. The number of fused-ring (bicyclic) bond motifs is 1. The molecule has 0 aliphatic carbocycles. The Hall–Kier alpha value is -2.91. The van der Waals surface area contributed by atoms with Crippen LogP contribution in [-0.2, 0) is 12.7 Å². The number of amides is 1. The molecule has 1 saturated heterocycles. The lowest BCUT2D eigenvalue weighted by Crippen LogP contribution is -2.44. The summed E-state index contributed by atoms with van der Waals surface area (Å²) in [6, 6.07) is 9.18. The highest BCUT2D eigenvalue weighted by Crippen LogP contribution is 2.34. The summed E-state index contributed by atoms with van der Waals surface area (Å²) >= 11 is 0. The van der Waals surface area contributed by atoms with E-state index in [0.29, 0.717) is 10.9 Å². The van der Waals surface area contributed by atoms with Crippen LogP contribution in [0.4, 0.5) is 13.2 Å². The number of carbonyl (C=O) groups is 1. The second kappa shape index (κ2) is 7.73. The Morgan fingerprint density at radius 2 is 1.87 bits per heavy atom. The van der Waals surface area contributed by atoms with Gasteiger partial charge in [-0.3, -0.25) is 9.69 Å². The number of likely N-dealkylation sites (N-methyl/N-ethyl adjacent to an activating group) is 1. The van der Waals surface area contributed by atoms with Gasteiger partial charge in [-0.25, -0.2) is 4.68 Å². The number of hydrogen-bond acceptors (Lipinski definition) is 4. The fourth-order valence-electron chi connectivity index (χ4n) is 3.73. The third-order valence-corrected chi connectivity index (χ3v) is 5.46. The quantitative estimate of drug-likeness (QED) is 0.709. The molecule has 0 spiro atoms. The third-order valence-electron chi connectivity index (χ3n) is 5.46. The molecule has 158 valence electrons. The van der Waals surface area contributed by atoms with Crippen molar-refractivity contribution in [2.24, 2.45) is 5.73 Å². The molecule has 1 aromatic heterocycles. The van der Waals surface area contributed by atoms with E-state index in [-0.39, 0.29) is 23.4 Å². The summed E-state index contributed by atoms with van der Waals surface area (Å²) in [6.45, 7) is 3.38. The highest BCUT2D eigenvalue weighted by Gasteiger charge is 2.34. The molecule has 0 atom stereocenters. The Morgan fingerprint density at radius 1 is 1.13 bits per heavy atom. The van der Waals surface area contributed by atoms with Gasteiger partial charge in [0.25, 0.3) is 5.91 Å². The Balaban J connectivity index is 1.71. The fraction of sp³-hybridized carbons (Fsp3) is 0.333. The Kier molecular flexibility index (Phi) is 5.25. The SMILES string of the molecule is CN1CCN(Cc2ccc(-n3cc4cccc(C(N)=O)c4n3)cc2C(F)(F)F)CC1. The van der Waals surface area contributed by atoms with Crippen LogP contribution in [-0.4, -0.2) is 58.7 Å². The number of alkyl halides is 3. The van der Waals surface area contributed by atoms with Crippen LogP contribution in [0.25, 0.3) is 16.6 Å². The van der Waals surface area contributed by atoms with Crippen LogP contribution in [0.1, 0.15) is 21.5 Å². The van der Waals surface area contributed by atoms with Crippen molar-refractivity contribution in [3.05, 3.63) is 59.3 Å². The molecule has 0 radical (unpaired) electrons. The zero-order valence-corrected chi connectivity index (χ0v) is 16.5. The first-order chi connectivity index (χ1) is 14.2. The molecule has 1 amide bonds. The molecule has 2 N–H and O–H groups in total. The average molecular weight is 417 g/mol. The van der Waals surface area contributed by atoms with Crippen molar-refractivity contribution >= 4 is 16.8 Å². The summed E-state index contributed by atoms with van der Waals surface area (Å²) in [5.41, 5.74) is 5.82. The molecule has 6 nitrogen and oxygen atoms in total. The number of nitrogens with zero attached hydrogens (tertiary/aromatic N) is 4. The molecule has 4 rings (SSSR count). The first-order valence-electron chi connectivity index (χ1n) is 9.62. The highest BCUT2D eigenvalue weighted by molar-refractivity contribution is 6.04. The van der Waals surface area contributed by atoms with Gasteiger partial charge >= 0.3 is 6.18 Å². The Bertz CT molecular complexity index is 1080. The van der Waals surface area contributed by atoms with Crippen LogP contribution >= 0.6 is 0 Å². The second-order valence-corrected chi connectivity index (χ2v) is 7.60. The number of benzene rings is 2. The molecule has 1 fully saturated rings. The maximum absolute atomic E-state index is 13.8. The summed E-state index contributed by atoms with van der Waals surface area (Å²) in [5.74, 6) is -0.635. The molecular formula is C21H22F3N5O. The first-order valence-corrected chi connectivity index (χ1v) is 9.62. The summed E-state index contributed by atoms with van der Waals surface area (Å²) in [4.78, 5) is 15.8. The molecule has 1 aliphatic heterocycles. The number of hydrogen-bond donors (Lipinski definition) is 1. The molecule has 0 saturated carbocycles. The van der Waals surface area contributed by atoms with E-state index in [1.54, 1.807) is 30.5 Å². The number of primary amides is 1. The molecule has 2 heterocycles. The number of aromatic nitrogens is 2. The van der Waals surface area contributed by atoms with Crippen molar-refractivity contribution in [3.8, 4) is 5.69 Å². The molecule has 30 heavy (non-hydrogen) atoms. The van der Waals surface area contributed by atoms with Crippen LogP contribution in [0.3, 0.4) is 0 Å². The normalized spacial score (nSPS) is 16.3. The van der Waals surface area contributed by atoms with Gasteiger partial charge in [0.2, 0.25) is 0 Å². The smallest absolute Gasteiger partial charge is 0.366 e. The molecular weight excluding hydrogens is 395 g/mol. The van der Waals surface area contributed by atoms with Gasteiger partial charge in [-0.1, -0.05) is 18.2 Å². The van der Waals surface area contributed by atoms with Gasteiger partial charge in [-0.05, 0) is 30.8 Å². The van der Waals surface area contributed by atoms with E-state index in [0.717, 1.165) is 32.2 Å². The van der Waals surface area contributed by atoms with Gasteiger partial charge in [0.15, 0.2) is 0 Å². The minimum absolute atomic E-state index is 0.231. The number of piperazine rings is 1. The summed E-state index contributed by atoms with van der Waals surface area (Å²) in [5, 5.41) is 4.94. The number of halogens is 3. The minimum Gasteiger partial charge on any atom is -0.366 e. The third kappa shape index (κ3) is 4.03. The zero-order valence-electron chi connectivity index (χ0n) is 16.5. The molecule has 0 bridgehead atoms.